The summed E-state index contributed by atoms with van der Waals surface area (Å²) in [6, 6.07) is 16.8. The van der Waals surface area contributed by atoms with Gasteiger partial charge in [-0.05, 0) is 36.4 Å². The molecule has 4 aromatic rings. The number of aromatic nitrogens is 3. The van der Waals surface area contributed by atoms with E-state index in [0.29, 0.717) is 5.69 Å². The third-order valence-corrected chi connectivity index (χ3v) is 5.45. The fourth-order valence-electron chi connectivity index (χ4n) is 2.63. The van der Waals surface area contributed by atoms with Crippen molar-refractivity contribution in [1.29, 1.82) is 0 Å². The van der Waals surface area contributed by atoms with Gasteiger partial charge in [0.2, 0.25) is 5.82 Å². The van der Waals surface area contributed by atoms with Crippen LogP contribution in [0.2, 0.25) is 0 Å². The number of fused-ring (bicyclic) bond motifs is 1. The predicted molar refractivity (Wildman–Crippen MR) is 112 cm³/mol. The minimum absolute atomic E-state index is 0.137. The highest BCUT2D eigenvalue weighted by Gasteiger charge is 2.24. The summed E-state index contributed by atoms with van der Waals surface area (Å²) in [5.41, 5.74) is 1.28. The van der Waals surface area contributed by atoms with Gasteiger partial charge in [-0.25, -0.2) is 9.97 Å². The van der Waals surface area contributed by atoms with E-state index >= 15 is 0 Å². The SMILES string of the molecule is O=[N+]([O-])c1c(Nc2ccc(Br)cc2)ncnc1Sc1cccc2cccnc12. The second-order valence-corrected chi connectivity index (χ2v) is 7.64. The molecule has 2 aromatic heterocycles. The Morgan fingerprint density at radius 2 is 1.79 bits per heavy atom. The third kappa shape index (κ3) is 3.80. The van der Waals surface area contributed by atoms with Crippen molar-refractivity contribution in [3.63, 3.8) is 0 Å². The Balaban J connectivity index is 1.74. The minimum Gasteiger partial charge on any atom is -0.334 e. The molecule has 0 radical (unpaired) electrons. The topological polar surface area (TPSA) is 93.8 Å². The summed E-state index contributed by atoms with van der Waals surface area (Å²) < 4.78 is 0.912. The molecule has 2 heterocycles. The van der Waals surface area contributed by atoms with Gasteiger partial charge in [-0.3, -0.25) is 15.1 Å². The maximum atomic E-state index is 11.8. The highest BCUT2D eigenvalue weighted by Crippen LogP contribution is 2.39. The number of para-hydroxylation sites is 1. The van der Waals surface area contributed by atoms with Crippen LogP contribution < -0.4 is 5.32 Å². The molecule has 28 heavy (non-hydrogen) atoms. The van der Waals surface area contributed by atoms with Crippen LogP contribution in [0.15, 0.2) is 81.5 Å². The number of hydrogen-bond donors (Lipinski definition) is 1. The van der Waals surface area contributed by atoms with Crippen LogP contribution in [0, 0.1) is 10.1 Å². The quantitative estimate of drug-likeness (QED) is 0.239. The lowest BCUT2D eigenvalue weighted by Crippen LogP contribution is -2.02. The molecule has 0 spiro atoms. The summed E-state index contributed by atoms with van der Waals surface area (Å²) in [6.07, 6.45) is 3.01. The van der Waals surface area contributed by atoms with E-state index in [4.69, 9.17) is 0 Å². The van der Waals surface area contributed by atoms with Gasteiger partial charge in [0, 0.05) is 26.6 Å². The Hall–Kier alpha value is -3.04. The second kappa shape index (κ2) is 7.91. The highest BCUT2D eigenvalue weighted by atomic mass is 79.9. The van der Waals surface area contributed by atoms with Gasteiger partial charge in [-0.15, -0.1) is 0 Å². The van der Waals surface area contributed by atoms with E-state index in [9.17, 15) is 10.1 Å². The van der Waals surface area contributed by atoms with Crippen LogP contribution >= 0.6 is 27.7 Å². The molecule has 0 aliphatic carbocycles. The number of benzene rings is 2. The number of nitrogens with zero attached hydrogens (tertiary/aromatic N) is 4. The lowest BCUT2D eigenvalue weighted by Gasteiger charge is -2.09. The second-order valence-electron chi connectivity index (χ2n) is 5.70. The average Bonchev–Trinajstić information content (AvgIpc) is 2.70. The Kier molecular flexibility index (Phi) is 5.18. The molecule has 0 unspecified atom stereocenters. The molecular formula is C19H12BrN5O2S. The number of pyridine rings is 1. The first-order chi connectivity index (χ1) is 13.6. The number of nitrogens with one attached hydrogen (secondary N) is 1. The molecule has 0 saturated heterocycles. The Labute approximate surface area is 172 Å². The van der Waals surface area contributed by atoms with Crippen molar-refractivity contribution in [2.75, 3.05) is 5.32 Å². The van der Waals surface area contributed by atoms with Gasteiger partial charge in [-0.2, -0.15) is 0 Å². The van der Waals surface area contributed by atoms with Crippen LogP contribution in [0.5, 0.6) is 0 Å². The maximum absolute atomic E-state index is 11.8. The van der Waals surface area contributed by atoms with E-state index in [1.165, 1.54) is 18.1 Å². The average molecular weight is 454 g/mol. The normalized spacial score (nSPS) is 10.8. The Morgan fingerprint density at radius 3 is 2.57 bits per heavy atom. The molecule has 0 aliphatic rings. The smallest absolute Gasteiger partial charge is 0.334 e. The molecule has 1 N–H and O–H groups in total. The van der Waals surface area contributed by atoms with Gasteiger partial charge in [-0.1, -0.05) is 45.9 Å². The predicted octanol–water partition coefficient (Wildman–Crippen LogP) is 5.59. The number of halogens is 1. The van der Waals surface area contributed by atoms with Crippen LogP contribution in [0.1, 0.15) is 0 Å². The van der Waals surface area contributed by atoms with Gasteiger partial charge in [0.15, 0.2) is 5.03 Å². The summed E-state index contributed by atoms with van der Waals surface area (Å²) >= 11 is 4.56. The summed E-state index contributed by atoms with van der Waals surface area (Å²) in [6.45, 7) is 0. The first-order valence-corrected chi connectivity index (χ1v) is 9.76. The van der Waals surface area contributed by atoms with Crippen LogP contribution in [-0.4, -0.2) is 19.9 Å². The Morgan fingerprint density at radius 1 is 1.00 bits per heavy atom. The van der Waals surface area contributed by atoms with Gasteiger partial charge in [0.1, 0.15) is 6.33 Å². The molecular weight excluding hydrogens is 442 g/mol. The first-order valence-electron chi connectivity index (χ1n) is 8.15. The van der Waals surface area contributed by atoms with Crippen molar-refractivity contribution in [1.82, 2.24) is 15.0 Å². The molecule has 0 amide bonds. The van der Waals surface area contributed by atoms with Crippen molar-refractivity contribution in [3.05, 3.63) is 81.7 Å². The van der Waals surface area contributed by atoms with Crippen molar-refractivity contribution in [2.24, 2.45) is 0 Å². The van der Waals surface area contributed by atoms with E-state index < -0.39 is 4.92 Å². The van der Waals surface area contributed by atoms with Crippen LogP contribution in [0.25, 0.3) is 10.9 Å². The number of nitro groups is 1. The Bertz CT molecular complexity index is 1170. The lowest BCUT2D eigenvalue weighted by molar-refractivity contribution is -0.387. The molecule has 0 aliphatic heterocycles. The van der Waals surface area contributed by atoms with Crippen molar-refractivity contribution in [3.8, 4) is 0 Å². The molecule has 9 heteroatoms. The summed E-state index contributed by atoms with van der Waals surface area (Å²) in [4.78, 5) is 24.7. The maximum Gasteiger partial charge on any atom is 0.343 e. The number of hydrogen-bond acceptors (Lipinski definition) is 7. The molecule has 2 aromatic carbocycles. The van der Waals surface area contributed by atoms with Crippen LogP contribution in [0.4, 0.5) is 17.2 Å². The first kappa shape index (κ1) is 18.3. The molecule has 0 atom stereocenters. The van der Waals surface area contributed by atoms with E-state index in [1.54, 1.807) is 18.3 Å². The summed E-state index contributed by atoms with van der Waals surface area (Å²) in [7, 11) is 0. The van der Waals surface area contributed by atoms with Gasteiger partial charge in [0.25, 0.3) is 0 Å². The van der Waals surface area contributed by atoms with Crippen molar-refractivity contribution < 1.29 is 4.92 Å². The van der Waals surface area contributed by atoms with Crippen LogP contribution in [0.3, 0.4) is 0 Å². The molecule has 138 valence electrons. The van der Waals surface area contributed by atoms with E-state index in [2.05, 4.69) is 36.2 Å². The summed E-state index contributed by atoms with van der Waals surface area (Å²) in [5.74, 6) is 0.137. The number of rotatable bonds is 5. The van der Waals surface area contributed by atoms with Gasteiger partial charge < -0.3 is 5.32 Å². The molecule has 0 saturated carbocycles. The summed E-state index contributed by atoms with van der Waals surface area (Å²) in [5, 5.41) is 16.0. The fourth-order valence-corrected chi connectivity index (χ4v) is 3.88. The van der Waals surface area contributed by atoms with Gasteiger partial charge in [0.05, 0.1) is 10.4 Å². The molecule has 0 bridgehead atoms. The van der Waals surface area contributed by atoms with Crippen molar-refractivity contribution >= 4 is 55.8 Å². The molecule has 7 nitrogen and oxygen atoms in total. The van der Waals surface area contributed by atoms with Gasteiger partial charge >= 0.3 is 5.69 Å². The monoisotopic (exact) mass is 453 g/mol. The zero-order chi connectivity index (χ0) is 19.5. The van der Waals surface area contributed by atoms with E-state index in [1.807, 2.05) is 42.5 Å². The van der Waals surface area contributed by atoms with E-state index in [-0.39, 0.29) is 16.5 Å². The van der Waals surface area contributed by atoms with Crippen LogP contribution in [-0.2, 0) is 0 Å². The number of anilines is 2. The highest BCUT2D eigenvalue weighted by molar-refractivity contribution is 9.10. The van der Waals surface area contributed by atoms with Crippen molar-refractivity contribution in [2.45, 2.75) is 9.92 Å². The zero-order valence-corrected chi connectivity index (χ0v) is 16.6. The standard InChI is InChI=1S/C19H12BrN5O2S/c20-13-6-8-14(9-7-13)24-18-17(25(26)27)19(23-11-22-18)28-15-5-1-3-12-4-2-10-21-16(12)15/h1-11H,(H,22,23,24). The minimum atomic E-state index is -0.470. The van der Waals surface area contributed by atoms with E-state index in [0.717, 1.165) is 20.3 Å². The fraction of sp³-hybridized carbons (Fsp3) is 0. The largest absolute Gasteiger partial charge is 0.343 e. The molecule has 4 rings (SSSR count). The molecule has 0 fully saturated rings. The zero-order valence-electron chi connectivity index (χ0n) is 14.2. The lowest BCUT2D eigenvalue weighted by atomic mass is 10.2. The third-order valence-electron chi connectivity index (χ3n) is 3.88.